The molecule has 0 aliphatic rings. The first-order valence-electron chi connectivity index (χ1n) is 8.89. The molecule has 0 radical (unpaired) electrons. The molecule has 0 spiro atoms. The second kappa shape index (κ2) is 6.39. The van der Waals surface area contributed by atoms with Crippen LogP contribution < -0.4 is 5.43 Å². The number of aromatic nitrogens is 4. The molecule has 0 unspecified atom stereocenters. The van der Waals surface area contributed by atoms with Crippen LogP contribution in [0.15, 0.2) is 64.3 Å². The van der Waals surface area contributed by atoms with Crippen molar-refractivity contribution in [2.75, 3.05) is 0 Å². The Labute approximate surface area is 164 Å². The van der Waals surface area contributed by atoms with Crippen LogP contribution in [-0.4, -0.2) is 19.9 Å². The van der Waals surface area contributed by atoms with Crippen molar-refractivity contribution < 1.29 is 4.42 Å². The van der Waals surface area contributed by atoms with Gasteiger partial charge >= 0.3 is 0 Å². The predicted molar refractivity (Wildman–Crippen MR) is 108 cm³/mol. The Morgan fingerprint density at radius 3 is 2.86 bits per heavy atom. The predicted octanol–water partition coefficient (Wildman–Crippen LogP) is 3.97. The van der Waals surface area contributed by atoms with Crippen molar-refractivity contribution >= 4 is 22.3 Å². The summed E-state index contributed by atoms with van der Waals surface area (Å²) in [7, 11) is 0. The van der Waals surface area contributed by atoms with Crippen molar-refractivity contribution in [3.63, 3.8) is 0 Å². The van der Waals surface area contributed by atoms with Crippen LogP contribution in [-0.2, 0) is 0 Å². The topological polar surface area (TPSA) is 108 Å². The van der Waals surface area contributed by atoms with E-state index in [2.05, 4.69) is 21.0 Å². The molecular formula is C22H13N5O2. The van der Waals surface area contributed by atoms with Gasteiger partial charge in [0.25, 0.3) is 0 Å². The van der Waals surface area contributed by atoms with Crippen LogP contribution in [0.25, 0.3) is 44.8 Å². The Balaban J connectivity index is 1.88. The monoisotopic (exact) mass is 379 g/mol. The molecule has 0 aliphatic carbocycles. The highest BCUT2D eigenvalue weighted by Crippen LogP contribution is 2.34. The molecule has 0 aliphatic heterocycles. The maximum Gasteiger partial charge on any atom is 0.209 e. The van der Waals surface area contributed by atoms with E-state index in [1.165, 1.54) is 12.5 Å². The van der Waals surface area contributed by atoms with Gasteiger partial charge in [-0.2, -0.15) is 5.26 Å². The summed E-state index contributed by atoms with van der Waals surface area (Å²) in [5.74, 6) is 0. The highest BCUT2D eigenvalue weighted by molar-refractivity contribution is 5.88. The Morgan fingerprint density at radius 2 is 2.00 bits per heavy atom. The van der Waals surface area contributed by atoms with Gasteiger partial charge < -0.3 is 9.40 Å². The molecule has 0 atom stereocenters. The van der Waals surface area contributed by atoms with Gasteiger partial charge in [0.1, 0.15) is 5.52 Å². The Hall–Kier alpha value is -4.31. The summed E-state index contributed by atoms with van der Waals surface area (Å²) in [5.41, 5.74) is 5.73. The summed E-state index contributed by atoms with van der Waals surface area (Å²) in [6, 6.07) is 14.6. The molecule has 0 bridgehead atoms. The Morgan fingerprint density at radius 1 is 1.10 bits per heavy atom. The largest absolute Gasteiger partial charge is 0.443 e. The van der Waals surface area contributed by atoms with E-state index in [0.717, 1.165) is 22.2 Å². The lowest BCUT2D eigenvalue weighted by Gasteiger charge is -2.12. The number of oxazole rings is 1. The number of hydrogen-bond donors (Lipinski definition) is 1. The standard InChI is InChI=1S/C22H13N5O2/c1-12-14(10-23)3-2-4-15(12)20-19(13-5-6-16-18(9-13)29-11-25-16)26-21-17(28)7-8-24-22(21)27-20/h2-9,11H,1H3,(H,24,27,28). The van der Waals surface area contributed by atoms with Gasteiger partial charge in [-0.05, 0) is 30.7 Å². The average molecular weight is 379 g/mol. The Kier molecular flexibility index (Phi) is 3.71. The second-order valence-electron chi connectivity index (χ2n) is 6.58. The van der Waals surface area contributed by atoms with E-state index >= 15 is 0 Å². The summed E-state index contributed by atoms with van der Waals surface area (Å²) >= 11 is 0. The van der Waals surface area contributed by atoms with Crippen molar-refractivity contribution in [3.8, 4) is 28.6 Å². The van der Waals surface area contributed by atoms with Crippen LogP contribution in [0, 0.1) is 18.3 Å². The molecule has 5 rings (SSSR count). The van der Waals surface area contributed by atoms with E-state index in [0.29, 0.717) is 28.2 Å². The summed E-state index contributed by atoms with van der Waals surface area (Å²) in [6.07, 6.45) is 2.93. The van der Waals surface area contributed by atoms with Crippen molar-refractivity contribution in [3.05, 3.63) is 76.4 Å². The number of H-pyrrole nitrogens is 1. The number of nitrogens with zero attached hydrogens (tertiary/aromatic N) is 4. The molecule has 3 aromatic heterocycles. The number of benzene rings is 2. The molecule has 0 saturated carbocycles. The van der Waals surface area contributed by atoms with Crippen LogP contribution in [0.5, 0.6) is 0 Å². The molecule has 1 N–H and O–H groups in total. The fourth-order valence-electron chi connectivity index (χ4n) is 3.39. The SMILES string of the molecule is Cc1c(C#N)cccc1-c1nc2[nH]ccc(=O)c2nc1-c1ccc2ncoc2c1. The third kappa shape index (κ3) is 2.66. The van der Waals surface area contributed by atoms with Crippen molar-refractivity contribution in [2.45, 2.75) is 6.92 Å². The lowest BCUT2D eigenvalue weighted by molar-refractivity contribution is 0.602. The zero-order valence-corrected chi connectivity index (χ0v) is 15.3. The minimum absolute atomic E-state index is 0.220. The molecule has 138 valence electrons. The molecule has 7 heteroatoms. The van der Waals surface area contributed by atoms with Crippen LogP contribution in [0.1, 0.15) is 11.1 Å². The third-order valence-electron chi connectivity index (χ3n) is 4.90. The molecule has 0 fully saturated rings. The highest BCUT2D eigenvalue weighted by Gasteiger charge is 2.18. The van der Waals surface area contributed by atoms with Crippen molar-refractivity contribution in [1.29, 1.82) is 5.26 Å². The van der Waals surface area contributed by atoms with Crippen LogP contribution >= 0.6 is 0 Å². The second-order valence-corrected chi connectivity index (χ2v) is 6.58. The first-order chi connectivity index (χ1) is 14.2. The van der Waals surface area contributed by atoms with Crippen LogP contribution in [0.3, 0.4) is 0 Å². The maximum atomic E-state index is 12.4. The zero-order valence-electron chi connectivity index (χ0n) is 15.3. The summed E-state index contributed by atoms with van der Waals surface area (Å²) in [6.45, 7) is 1.87. The minimum atomic E-state index is -0.220. The summed E-state index contributed by atoms with van der Waals surface area (Å²) in [4.78, 5) is 28.9. The van der Waals surface area contributed by atoms with E-state index < -0.39 is 0 Å². The fraction of sp³-hybridized carbons (Fsp3) is 0.0455. The van der Waals surface area contributed by atoms with Gasteiger partial charge in [0.2, 0.25) is 5.43 Å². The quantitative estimate of drug-likeness (QED) is 0.497. The van der Waals surface area contributed by atoms with Gasteiger partial charge in [0.15, 0.2) is 23.1 Å². The molecule has 5 aromatic rings. The first-order valence-corrected chi connectivity index (χ1v) is 8.89. The normalized spacial score (nSPS) is 11.0. The smallest absolute Gasteiger partial charge is 0.209 e. The molecule has 29 heavy (non-hydrogen) atoms. The molecule has 2 aromatic carbocycles. The minimum Gasteiger partial charge on any atom is -0.443 e. The van der Waals surface area contributed by atoms with Crippen molar-refractivity contribution in [2.24, 2.45) is 0 Å². The summed E-state index contributed by atoms with van der Waals surface area (Å²) < 4.78 is 5.43. The first kappa shape index (κ1) is 16.8. The average Bonchev–Trinajstić information content (AvgIpc) is 3.21. The Bertz CT molecular complexity index is 1510. The third-order valence-corrected chi connectivity index (χ3v) is 4.90. The van der Waals surface area contributed by atoms with Gasteiger partial charge in [-0.15, -0.1) is 0 Å². The molecule has 0 amide bonds. The van der Waals surface area contributed by atoms with E-state index in [1.807, 2.05) is 37.3 Å². The van der Waals surface area contributed by atoms with E-state index in [9.17, 15) is 10.1 Å². The van der Waals surface area contributed by atoms with Gasteiger partial charge in [-0.25, -0.2) is 15.0 Å². The maximum absolute atomic E-state index is 12.4. The van der Waals surface area contributed by atoms with Gasteiger partial charge in [0, 0.05) is 23.4 Å². The van der Waals surface area contributed by atoms with Crippen LogP contribution in [0.4, 0.5) is 0 Å². The van der Waals surface area contributed by atoms with Gasteiger partial charge in [-0.1, -0.05) is 18.2 Å². The lowest BCUT2D eigenvalue weighted by atomic mass is 9.97. The lowest BCUT2D eigenvalue weighted by Crippen LogP contribution is -2.07. The molecule has 3 heterocycles. The highest BCUT2D eigenvalue weighted by atomic mass is 16.3. The number of aromatic amines is 1. The number of fused-ring (bicyclic) bond motifs is 2. The number of pyridine rings is 1. The van der Waals surface area contributed by atoms with E-state index in [1.54, 1.807) is 12.3 Å². The summed E-state index contributed by atoms with van der Waals surface area (Å²) in [5, 5.41) is 9.43. The molecule has 0 saturated heterocycles. The van der Waals surface area contributed by atoms with Crippen LogP contribution in [0.2, 0.25) is 0 Å². The fourth-order valence-corrected chi connectivity index (χ4v) is 3.39. The molecular weight excluding hydrogens is 366 g/mol. The van der Waals surface area contributed by atoms with Crippen molar-refractivity contribution in [1.82, 2.24) is 19.9 Å². The molecule has 7 nitrogen and oxygen atoms in total. The zero-order chi connectivity index (χ0) is 20.0. The van der Waals surface area contributed by atoms with E-state index in [-0.39, 0.29) is 10.9 Å². The number of nitrogens with one attached hydrogen (secondary N) is 1. The van der Waals surface area contributed by atoms with E-state index in [4.69, 9.17) is 9.40 Å². The van der Waals surface area contributed by atoms with Gasteiger partial charge in [-0.3, -0.25) is 4.79 Å². The number of hydrogen-bond acceptors (Lipinski definition) is 6. The number of rotatable bonds is 2. The number of nitriles is 1. The van der Waals surface area contributed by atoms with Gasteiger partial charge in [0.05, 0.1) is 23.0 Å².